The summed E-state index contributed by atoms with van der Waals surface area (Å²) < 4.78 is 21.2. The summed E-state index contributed by atoms with van der Waals surface area (Å²) in [4.78, 5) is 25.2. The Morgan fingerprint density at radius 3 is 2.83 bits per heavy atom. The number of carbonyl (C=O) groups excluding carboxylic acids is 1. The third kappa shape index (κ3) is 5.18. The highest BCUT2D eigenvalue weighted by Crippen LogP contribution is 2.30. The van der Waals surface area contributed by atoms with Gasteiger partial charge in [0.05, 0.1) is 29.9 Å². The molecule has 0 atom stereocenters. The molecule has 190 valence electrons. The van der Waals surface area contributed by atoms with E-state index in [4.69, 9.17) is 9.72 Å². The Balaban J connectivity index is 1.35. The van der Waals surface area contributed by atoms with Crippen LogP contribution in [0.3, 0.4) is 0 Å². The molecule has 1 aliphatic rings. The molecule has 1 saturated carbocycles. The highest BCUT2D eigenvalue weighted by molar-refractivity contribution is 6.02. The predicted octanol–water partition coefficient (Wildman–Crippen LogP) is 4.51. The second-order valence-corrected chi connectivity index (χ2v) is 9.94. The number of hydrogen-bond acceptors (Lipinski definition) is 6. The number of anilines is 1. The summed E-state index contributed by atoms with van der Waals surface area (Å²) in [6.07, 6.45) is 11.5. The van der Waals surface area contributed by atoms with Crippen LogP contribution in [0.5, 0.6) is 0 Å². The molecule has 3 N–H and O–H groups in total. The van der Waals surface area contributed by atoms with E-state index in [1.165, 1.54) is 20.0 Å². The van der Waals surface area contributed by atoms with Crippen molar-refractivity contribution in [2.75, 3.05) is 18.5 Å². The minimum Gasteiger partial charge on any atom is -0.379 e. The molecule has 9 nitrogen and oxygen atoms in total. The molecule has 0 saturated heterocycles. The van der Waals surface area contributed by atoms with Gasteiger partial charge in [0.2, 0.25) is 5.95 Å². The molecule has 36 heavy (non-hydrogen) atoms. The summed E-state index contributed by atoms with van der Waals surface area (Å²) in [6.45, 7) is 5.57. The minimum atomic E-state index is -1.50. The lowest BCUT2D eigenvalue weighted by molar-refractivity contribution is 0.0346. The van der Waals surface area contributed by atoms with E-state index >= 15 is 0 Å². The fraction of sp³-hybridized carbons (Fsp3) is 0.462. The van der Waals surface area contributed by atoms with Crippen LogP contribution < -0.4 is 10.6 Å². The van der Waals surface area contributed by atoms with E-state index in [0.717, 1.165) is 54.5 Å². The molecule has 4 aromatic rings. The Kier molecular flexibility index (Phi) is 6.61. The van der Waals surface area contributed by atoms with E-state index in [-0.39, 0.29) is 12.5 Å². The van der Waals surface area contributed by atoms with Crippen molar-refractivity contribution in [2.45, 2.75) is 64.3 Å². The van der Waals surface area contributed by atoms with Gasteiger partial charge in [-0.3, -0.25) is 4.79 Å². The zero-order valence-electron chi connectivity index (χ0n) is 20.8. The second-order valence-electron chi connectivity index (χ2n) is 9.94. The van der Waals surface area contributed by atoms with Gasteiger partial charge in [-0.25, -0.2) is 13.9 Å². The fourth-order valence-corrected chi connectivity index (χ4v) is 4.72. The van der Waals surface area contributed by atoms with Gasteiger partial charge in [-0.1, -0.05) is 0 Å². The smallest absolute Gasteiger partial charge is 0.255 e. The van der Waals surface area contributed by atoms with Crippen LogP contribution in [0.25, 0.3) is 27.7 Å². The number of hydrogen-bond donors (Lipinski definition) is 3. The summed E-state index contributed by atoms with van der Waals surface area (Å²) in [5.41, 5.74) is 2.09. The van der Waals surface area contributed by atoms with Crippen molar-refractivity contribution >= 4 is 28.4 Å². The molecule has 0 aromatic carbocycles. The van der Waals surface area contributed by atoms with Crippen LogP contribution in [0.15, 0.2) is 36.9 Å². The number of alkyl halides is 1. The lowest BCUT2D eigenvalue weighted by atomic mass is 9.93. The normalized spacial score (nSPS) is 18.6. The number of aromatic nitrogens is 5. The maximum absolute atomic E-state index is 13.8. The number of ether oxygens (including phenoxy) is 1. The molecule has 4 heterocycles. The Labute approximate surface area is 208 Å². The fourth-order valence-electron chi connectivity index (χ4n) is 4.72. The summed E-state index contributed by atoms with van der Waals surface area (Å²) in [7, 11) is 0. The molecule has 0 radical (unpaired) electrons. The van der Waals surface area contributed by atoms with Crippen LogP contribution >= 0.6 is 0 Å². The number of halogens is 1. The summed E-state index contributed by atoms with van der Waals surface area (Å²) in [5.74, 6) is 0.248. The molecular weight excluding hydrogens is 461 g/mol. The van der Waals surface area contributed by atoms with Crippen molar-refractivity contribution in [2.24, 2.45) is 0 Å². The van der Waals surface area contributed by atoms with Crippen molar-refractivity contribution in [3.63, 3.8) is 0 Å². The van der Waals surface area contributed by atoms with Crippen molar-refractivity contribution in [3.05, 3.63) is 42.5 Å². The Hall–Kier alpha value is -3.53. The number of H-pyrrole nitrogens is 1. The van der Waals surface area contributed by atoms with Gasteiger partial charge in [-0.15, -0.1) is 0 Å². The zero-order valence-corrected chi connectivity index (χ0v) is 20.8. The SMILES string of the molecule is CCOC1CCC(Nc2ncc3c(-c4ccn5ncc(C(=O)NCC(C)(C)F)c5c4)c[nH]c3n2)CC1. The minimum absolute atomic E-state index is 0.0764. The van der Waals surface area contributed by atoms with Gasteiger partial charge < -0.3 is 20.4 Å². The van der Waals surface area contributed by atoms with Crippen LogP contribution in [0.4, 0.5) is 10.3 Å². The molecule has 1 fully saturated rings. The van der Waals surface area contributed by atoms with E-state index in [0.29, 0.717) is 29.2 Å². The molecule has 4 aromatic heterocycles. The molecule has 1 amide bonds. The van der Waals surface area contributed by atoms with Crippen molar-refractivity contribution in [1.82, 2.24) is 29.9 Å². The van der Waals surface area contributed by atoms with Gasteiger partial charge >= 0.3 is 0 Å². The highest BCUT2D eigenvalue weighted by Gasteiger charge is 2.23. The lowest BCUT2D eigenvalue weighted by Crippen LogP contribution is -2.35. The summed E-state index contributed by atoms with van der Waals surface area (Å²) in [6, 6.07) is 4.16. The number of nitrogens with zero attached hydrogens (tertiary/aromatic N) is 4. The zero-order chi connectivity index (χ0) is 25.3. The first-order chi connectivity index (χ1) is 17.3. The highest BCUT2D eigenvalue weighted by atomic mass is 19.1. The van der Waals surface area contributed by atoms with Crippen LogP contribution in [0.2, 0.25) is 0 Å². The first-order valence-electron chi connectivity index (χ1n) is 12.5. The first-order valence-corrected chi connectivity index (χ1v) is 12.5. The molecule has 0 spiro atoms. The van der Waals surface area contributed by atoms with E-state index in [9.17, 15) is 9.18 Å². The van der Waals surface area contributed by atoms with Gasteiger partial charge in [0.25, 0.3) is 5.91 Å². The first kappa shape index (κ1) is 24.2. The van der Waals surface area contributed by atoms with Crippen molar-refractivity contribution in [3.8, 4) is 11.1 Å². The lowest BCUT2D eigenvalue weighted by Gasteiger charge is -2.28. The number of nitrogens with one attached hydrogen (secondary N) is 3. The number of fused-ring (bicyclic) bond motifs is 2. The quantitative estimate of drug-likeness (QED) is 0.333. The van der Waals surface area contributed by atoms with Crippen LogP contribution in [-0.4, -0.2) is 61.4 Å². The number of rotatable bonds is 8. The van der Waals surface area contributed by atoms with E-state index in [2.05, 4.69) is 25.7 Å². The molecule has 0 aliphatic heterocycles. The third-order valence-electron chi connectivity index (χ3n) is 6.59. The second kappa shape index (κ2) is 9.85. The molecule has 0 bridgehead atoms. The third-order valence-corrected chi connectivity index (χ3v) is 6.59. The molecule has 5 rings (SSSR count). The van der Waals surface area contributed by atoms with E-state index in [1.54, 1.807) is 10.7 Å². The van der Waals surface area contributed by atoms with Gasteiger partial charge in [-0.05, 0) is 64.2 Å². The number of aromatic amines is 1. The Morgan fingerprint density at radius 1 is 1.28 bits per heavy atom. The maximum Gasteiger partial charge on any atom is 0.255 e. The monoisotopic (exact) mass is 493 g/mol. The van der Waals surface area contributed by atoms with Crippen molar-refractivity contribution in [1.29, 1.82) is 0 Å². The average Bonchev–Trinajstić information content (AvgIpc) is 3.47. The number of amides is 1. The Bertz CT molecular complexity index is 1370. The van der Waals surface area contributed by atoms with Gasteiger partial charge in [0, 0.05) is 42.2 Å². The largest absolute Gasteiger partial charge is 0.379 e. The standard InChI is InChI=1S/C26H32FN7O2/c1-4-36-18-7-5-17(6-8-18)32-25-29-13-20-19(12-28-23(20)33-25)16-9-10-34-22(11-16)21(14-31-34)24(35)30-15-26(2,3)27/h9-14,17-18H,4-8,15H2,1-3H3,(H,30,35)(H2,28,29,32,33). The molecule has 10 heteroatoms. The molecule has 1 aliphatic carbocycles. The number of pyridine rings is 1. The summed E-state index contributed by atoms with van der Waals surface area (Å²) >= 11 is 0. The summed E-state index contributed by atoms with van der Waals surface area (Å²) in [5, 5.41) is 11.3. The predicted molar refractivity (Wildman–Crippen MR) is 137 cm³/mol. The van der Waals surface area contributed by atoms with Crippen LogP contribution in [0.1, 0.15) is 56.8 Å². The van der Waals surface area contributed by atoms with Gasteiger partial charge in [-0.2, -0.15) is 10.1 Å². The van der Waals surface area contributed by atoms with E-state index in [1.807, 2.05) is 31.5 Å². The Morgan fingerprint density at radius 2 is 2.08 bits per heavy atom. The topological polar surface area (TPSA) is 109 Å². The van der Waals surface area contributed by atoms with Gasteiger partial charge in [0.15, 0.2) is 0 Å². The number of carbonyl (C=O) groups is 1. The molecular formula is C26H32FN7O2. The maximum atomic E-state index is 13.8. The van der Waals surface area contributed by atoms with Crippen molar-refractivity contribution < 1.29 is 13.9 Å². The average molecular weight is 494 g/mol. The van der Waals surface area contributed by atoms with E-state index < -0.39 is 5.67 Å². The van der Waals surface area contributed by atoms with Crippen LogP contribution in [0, 0.1) is 0 Å². The molecule has 0 unspecified atom stereocenters. The van der Waals surface area contributed by atoms with Gasteiger partial charge in [0.1, 0.15) is 11.3 Å². The van der Waals surface area contributed by atoms with Crippen LogP contribution in [-0.2, 0) is 4.74 Å².